The molecule has 0 bridgehead atoms. The molecule has 0 aliphatic rings. The average molecular weight is 299 g/mol. The summed E-state index contributed by atoms with van der Waals surface area (Å²) < 4.78 is 0. The van der Waals surface area contributed by atoms with E-state index in [1.165, 1.54) is 89.9 Å². The van der Waals surface area contributed by atoms with E-state index in [1.807, 2.05) is 0 Å². The fraction of sp³-hybridized carbons (Fsp3) is 0.947. The molecule has 21 heavy (non-hydrogen) atoms. The van der Waals surface area contributed by atoms with Gasteiger partial charge in [-0.15, -0.1) is 0 Å². The van der Waals surface area contributed by atoms with Crippen molar-refractivity contribution < 1.29 is 9.90 Å². The van der Waals surface area contributed by atoms with Crippen LogP contribution in [0.15, 0.2) is 0 Å². The molecule has 0 aliphatic heterocycles. The molecule has 1 N–H and O–H groups in total. The van der Waals surface area contributed by atoms with Crippen LogP contribution in [0.1, 0.15) is 109 Å². The Kier molecular flexibility index (Phi) is 19.3. The summed E-state index contributed by atoms with van der Waals surface area (Å²) in [6, 6.07) is 0. The van der Waals surface area contributed by atoms with Gasteiger partial charge in [0.25, 0.3) is 0 Å². The van der Waals surface area contributed by atoms with Gasteiger partial charge in [0.05, 0.1) is 0 Å². The van der Waals surface area contributed by atoms with Gasteiger partial charge in [-0.2, -0.15) is 0 Å². The van der Waals surface area contributed by atoms with E-state index < -0.39 is 0 Å². The lowest BCUT2D eigenvalue weighted by Crippen LogP contribution is -1.85. The Labute approximate surface area is 132 Å². The molecule has 0 amide bonds. The van der Waals surface area contributed by atoms with Gasteiger partial charge in [0.15, 0.2) is 0 Å². The van der Waals surface area contributed by atoms with Crippen LogP contribution in [0.25, 0.3) is 0 Å². The molecule has 0 heterocycles. The van der Waals surface area contributed by atoms with E-state index in [9.17, 15) is 4.79 Å². The Bertz CT molecular complexity index is 192. The highest BCUT2D eigenvalue weighted by Gasteiger charge is 1.94. The third-order valence-electron chi connectivity index (χ3n) is 4.23. The number of carbonyl (C=O) groups excluding carboxylic acids is 1. The number of aldehydes is 1. The highest BCUT2D eigenvalue weighted by molar-refractivity contribution is 5.48. The van der Waals surface area contributed by atoms with Gasteiger partial charge in [-0.05, 0) is 12.8 Å². The van der Waals surface area contributed by atoms with Crippen LogP contribution in [-0.4, -0.2) is 18.0 Å². The highest BCUT2D eigenvalue weighted by Crippen LogP contribution is 2.13. The summed E-state index contributed by atoms with van der Waals surface area (Å²) in [5.74, 6) is 0. The SMILES string of the molecule is O=CCCCCCCCCCCCCCCCCCCO. The third-order valence-corrected chi connectivity index (χ3v) is 4.23. The summed E-state index contributed by atoms with van der Waals surface area (Å²) in [5.41, 5.74) is 0. The third kappa shape index (κ3) is 19.6. The topological polar surface area (TPSA) is 37.3 Å². The molecule has 0 fully saturated rings. The number of aliphatic hydroxyl groups excluding tert-OH is 1. The van der Waals surface area contributed by atoms with Crippen molar-refractivity contribution in [2.45, 2.75) is 109 Å². The van der Waals surface area contributed by atoms with Gasteiger partial charge in [0.2, 0.25) is 0 Å². The van der Waals surface area contributed by atoms with Crippen molar-refractivity contribution in [3.63, 3.8) is 0 Å². The summed E-state index contributed by atoms with van der Waals surface area (Å²) in [6.45, 7) is 0.360. The van der Waals surface area contributed by atoms with Gasteiger partial charge in [0, 0.05) is 13.0 Å². The molecular formula is C19H38O2. The summed E-state index contributed by atoms with van der Waals surface area (Å²) in [7, 11) is 0. The van der Waals surface area contributed by atoms with Crippen molar-refractivity contribution in [3.8, 4) is 0 Å². The maximum absolute atomic E-state index is 10.2. The number of hydrogen-bond donors (Lipinski definition) is 1. The Balaban J connectivity index is 2.91. The molecule has 0 unspecified atom stereocenters. The lowest BCUT2D eigenvalue weighted by molar-refractivity contribution is -0.107. The zero-order valence-electron chi connectivity index (χ0n) is 14.2. The summed E-state index contributed by atoms with van der Waals surface area (Å²) >= 11 is 0. The monoisotopic (exact) mass is 298 g/mol. The van der Waals surface area contributed by atoms with Crippen molar-refractivity contribution in [2.24, 2.45) is 0 Å². The molecule has 0 radical (unpaired) electrons. The van der Waals surface area contributed by atoms with Crippen LogP contribution in [0.2, 0.25) is 0 Å². The normalized spacial score (nSPS) is 10.9. The molecule has 2 nitrogen and oxygen atoms in total. The van der Waals surface area contributed by atoms with Crippen molar-refractivity contribution in [2.75, 3.05) is 6.61 Å². The van der Waals surface area contributed by atoms with E-state index in [-0.39, 0.29) is 0 Å². The predicted molar refractivity (Wildman–Crippen MR) is 91.6 cm³/mol. The Morgan fingerprint density at radius 3 is 1.05 bits per heavy atom. The van der Waals surface area contributed by atoms with E-state index in [1.54, 1.807) is 0 Å². The minimum Gasteiger partial charge on any atom is -0.396 e. The second-order valence-electron chi connectivity index (χ2n) is 6.34. The Morgan fingerprint density at radius 1 is 0.476 bits per heavy atom. The van der Waals surface area contributed by atoms with E-state index in [2.05, 4.69) is 0 Å². The second kappa shape index (κ2) is 19.6. The summed E-state index contributed by atoms with van der Waals surface area (Å²) in [5, 5.41) is 8.68. The van der Waals surface area contributed by atoms with E-state index in [0.717, 1.165) is 25.5 Å². The molecule has 2 heteroatoms. The largest absolute Gasteiger partial charge is 0.396 e. The van der Waals surface area contributed by atoms with Gasteiger partial charge in [0.1, 0.15) is 6.29 Å². The lowest BCUT2D eigenvalue weighted by Gasteiger charge is -2.03. The van der Waals surface area contributed by atoms with E-state index in [0.29, 0.717) is 6.61 Å². The highest BCUT2D eigenvalue weighted by atomic mass is 16.2. The van der Waals surface area contributed by atoms with Gasteiger partial charge in [-0.1, -0.05) is 89.9 Å². The first-order valence-corrected chi connectivity index (χ1v) is 9.46. The zero-order chi connectivity index (χ0) is 15.4. The minimum atomic E-state index is 0.360. The predicted octanol–water partition coefficient (Wildman–Crippen LogP) is 5.81. The first-order valence-electron chi connectivity index (χ1n) is 9.46. The number of aliphatic hydroxyl groups is 1. The molecule has 0 atom stereocenters. The zero-order valence-corrected chi connectivity index (χ0v) is 14.2. The maximum atomic E-state index is 10.2. The molecule has 0 aromatic carbocycles. The van der Waals surface area contributed by atoms with Crippen molar-refractivity contribution in [1.29, 1.82) is 0 Å². The van der Waals surface area contributed by atoms with Gasteiger partial charge in [-0.25, -0.2) is 0 Å². The van der Waals surface area contributed by atoms with Gasteiger partial charge in [-0.3, -0.25) is 0 Å². The fourth-order valence-corrected chi connectivity index (χ4v) is 2.81. The van der Waals surface area contributed by atoms with Crippen molar-refractivity contribution in [1.82, 2.24) is 0 Å². The molecule has 0 spiro atoms. The van der Waals surface area contributed by atoms with Crippen LogP contribution in [0, 0.1) is 0 Å². The van der Waals surface area contributed by atoms with Crippen molar-refractivity contribution in [3.05, 3.63) is 0 Å². The molecule has 0 aliphatic carbocycles. The number of unbranched alkanes of at least 4 members (excludes halogenated alkanes) is 16. The maximum Gasteiger partial charge on any atom is 0.119 e. The van der Waals surface area contributed by atoms with Crippen LogP contribution >= 0.6 is 0 Å². The van der Waals surface area contributed by atoms with E-state index >= 15 is 0 Å². The Hall–Kier alpha value is -0.370. The molecule has 0 saturated heterocycles. The summed E-state index contributed by atoms with van der Waals surface area (Å²) in [4.78, 5) is 10.2. The second-order valence-corrected chi connectivity index (χ2v) is 6.34. The van der Waals surface area contributed by atoms with Crippen LogP contribution in [-0.2, 0) is 4.79 Å². The first kappa shape index (κ1) is 20.6. The molecule has 126 valence electrons. The average Bonchev–Trinajstić information content (AvgIpc) is 2.50. The number of carbonyl (C=O) groups is 1. The fourth-order valence-electron chi connectivity index (χ4n) is 2.81. The number of rotatable bonds is 18. The molecule has 0 aromatic rings. The van der Waals surface area contributed by atoms with Crippen LogP contribution in [0.3, 0.4) is 0 Å². The van der Waals surface area contributed by atoms with Gasteiger partial charge < -0.3 is 9.90 Å². The molecule has 0 saturated carbocycles. The minimum absolute atomic E-state index is 0.360. The molecule has 0 aromatic heterocycles. The summed E-state index contributed by atoms with van der Waals surface area (Å²) in [6.07, 6.45) is 22.8. The van der Waals surface area contributed by atoms with Crippen LogP contribution in [0.5, 0.6) is 0 Å². The smallest absolute Gasteiger partial charge is 0.119 e. The standard InChI is InChI=1S/C19H38O2/c20-18-16-14-12-10-8-6-4-2-1-3-5-7-9-11-13-15-17-19-21/h18,21H,1-17,19H2. The van der Waals surface area contributed by atoms with E-state index in [4.69, 9.17) is 5.11 Å². The molecular weight excluding hydrogens is 260 g/mol. The van der Waals surface area contributed by atoms with Crippen LogP contribution < -0.4 is 0 Å². The number of hydrogen-bond acceptors (Lipinski definition) is 2. The first-order chi connectivity index (χ1) is 10.4. The quantitative estimate of drug-likeness (QED) is 0.256. The molecule has 0 rings (SSSR count). The van der Waals surface area contributed by atoms with Gasteiger partial charge >= 0.3 is 0 Å². The Morgan fingerprint density at radius 2 is 0.762 bits per heavy atom. The lowest BCUT2D eigenvalue weighted by atomic mass is 10.0. The van der Waals surface area contributed by atoms with Crippen molar-refractivity contribution >= 4 is 6.29 Å². The van der Waals surface area contributed by atoms with Crippen LogP contribution in [0.4, 0.5) is 0 Å².